The Balaban J connectivity index is 0.00000261. The topological polar surface area (TPSA) is 43.8 Å². The number of nitrogens with one attached hydrogen (secondary N) is 1. The molecule has 1 aromatic carbocycles. The molecule has 2 aromatic rings. The molecule has 1 N–H and O–H groups in total. The van der Waals surface area contributed by atoms with Gasteiger partial charge in [0.2, 0.25) is 0 Å². The lowest BCUT2D eigenvalue weighted by Crippen LogP contribution is -2.52. The number of benzene rings is 1. The van der Waals surface area contributed by atoms with Crippen molar-refractivity contribution in [2.75, 3.05) is 44.7 Å². The normalized spacial score (nSPS) is 14.9. The molecule has 0 aliphatic carbocycles. The molecule has 1 aliphatic rings. The molecule has 0 amide bonds. The predicted molar refractivity (Wildman–Crippen MR) is 127 cm³/mol. The number of aliphatic imine (C=N–C) groups is 1. The van der Waals surface area contributed by atoms with Gasteiger partial charge in [-0.15, -0.1) is 35.3 Å². The molecular formula is C19H27ClIN5S. The van der Waals surface area contributed by atoms with Gasteiger partial charge in [0, 0.05) is 61.8 Å². The molecule has 0 atom stereocenters. The van der Waals surface area contributed by atoms with Gasteiger partial charge in [-0.2, -0.15) is 0 Å². The van der Waals surface area contributed by atoms with Gasteiger partial charge in [-0.1, -0.05) is 17.7 Å². The third-order valence-corrected chi connectivity index (χ3v) is 5.97. The van der Waals surface area contributed by atoms with Crippen LogP contribution in [0.5, 0.6) is 0 Å². The SMILES string of the molecule is CN=C(NCCc1sc(C)nc1C)N1CCN(c2cccc(Cl)c2)CC1.I. The van der Waals surface area contributed by atoms with Crippen molar-refractivity contribution in [1.29, 1.82) is 0 Å². The standard InChI is InChI=1S/C19H26ClN5S.HI/c1-14-18(26-15(2)23-14)7-8-22-19(21-3)25-11-9-24(10-12-25)17-6-4-5-16(20)13-17;/h4-6,13H,7-12H2,1-3H3,(H,21,22);1H. The number of halogens is 2. The van der Waals surface area contributed by atoms with Gasteiger partial charge in [-0.3, -0.25) is 4.99 Å². The van der Waals surface area contributed by atoms with Crippen molar-refractivity contribution in [2.24, 2.45) is 4.99 Å². The van der Waals surface area contributed by atoms with Crippen LogP contribution in [0, 0.1) is 13.8 Å². The Hall–Kier alpha value is -1.06. The van der Waals surface area contributed by atoms with Crippen LogP contribution in [-0.2, 0) is 6.42 Å². The highest BCUT2D eigenvalue weighted by molar-refractivity contribution is 14.0. The van der Waals surface area contributed by atoms with E-state index in [4.69, 9.17) is 11.6 Å². The number of nitrogens with zero attached hydrogens (tertiary/aromatic N) is 4. The molecule has 1 aromatic heterocycles. The smallest absolute Gasteiger partial charge is 0.193 e. The number of aromatic nitrogens is 1. The number of guanidine groups is 1. The number of piperazine rings is 1. The summed E-state index contributed by atoms with van der Waals surface area (Å²) in [5.74, 6) is 0.981. The molecule has 0 radical (unpaired) electrons. The van der Waals surface area contributed by atoms with E-state index in [1.54, 1.807) is 11.3 Å². The molecule has 8 heteroatoms. The van der Waals surface area contributed by atoms with E-state index in [-0.39, 0.29) is 24.0 Å². The minimum absolute atomic E-state index is 0. The van der Waals surface area contributed by atoms with Crippen LogP contribution in [0.25, 0.3) is 0 Å². The Labute approximate surface area is 187 Å². The molecule has 0 bridgehead atoms. The molecule has 0 saturated carbocycles. The van der Waals surface area contributed by atoms with Crippen molar-refractivity contribution in [2.45, 2.75) is 20.3 Å². The Morgan fingerprint density at radius 2 is 2.00 bits per heavy atom. The summed E-state index contributed by atoms with van der Waals surface area (Å²) in [6.45, 7) is 8.86. The first-order valence-electron chi connectivity index (χ1n) is 8.96. The second-order valence-corrected chi connectivity index (χ2v) is 8.14. The first-order chi connectivity index (χ1) is 12.6. The predicted octanol–water partition coefficient (Wildman–Crippen LogP) is 3.97. The van der Waals surface area contributed by atoms with Crippen molar-refractivity contribution in [3.63, 3.8) is 0 Å². The Kier molecular flexibility index (Phi) is 8.62. The molecule has 1 aliphatic heterocycles. The molecule has 27 heavy (non-hydrogen) atoms. The fraction of sp³-hybridized carbons (Fsp3) is 0.474. The van der Waals surface area contributed by atoms with Crippen molar-refractivity contribution in [3.8, 4) is 0 Å². The molecular weight excluding hydrogens is 493 g/mol. The summed E-state index contributed by atoms with van der Waals surface area (Å²) in [6, 6.07) is 8.07. The quantitative estimate of drug-likeness (QED) is 0.377. The first kappa shape index (κ1) is 22.2. The molecule has 148 valence electrons. The Morgan fingerprint density at radius 3 is 2.59 bits per heavy atom. The van der Waals surface area contributed by atoms with E-state index in [2.05, 4.69) is 45.0 Å². The summed E-state index contributed by atoms with van der Waals surface area (Å²) in [5.41, 5.74) is 2.34. The van der Waals surface area contributed by atoms with E-state index >= 15 is 0 Å². The summed E-state index contributed by atoms with van der Waals surface area (Å²) < 4.78 is 0. The van der Waals surface area contributed by atoms with E-state index in [0.717, 1.165) is 60.8 Å². The van der Waals surface area contributed by atoms with Gasteiger partial charge < -0.3 is 15.1 Å². The lowest BCUT2D eigenvalue weighted by atomic mass is 10.2. The van der Waals surface area contributed by atoms with E-state index in [9.17, 15) is 0 Å². The van der Waals surface area contributed by atoms with Crippen LogP contribution in [-0.4, -0.2) is 55.6 Å². The second kappa shape index (κ2) is 10.5. The summed E-state index contributed by atoms with van der Waals surface area (Å²) in [4.78, 5) is 15.0. The van der Waals surface area contributed by atoms with Crippen LogP contribution in [0.4, 0.5) is 5.69 Å². The van der Waals surface area contributed by atoms with Crippen LogP contribution in [0.2, 0.25) is 5.02 Å². The van der Waals surface area contributed by atoms with Crippen LogP contribution in [0.15, 0.2) is 29.3 Å². The number of anilines is 1. The zero-order valence-corrected chi connectivity index (χ0v) is 19.9. The number of aryl methyl sites for hydroxylation is 2. The monoisotopic (exact) mass is 519 g/mol. The maximum absolute atomic E-state index is 6.12. The lowest BCUT2D eigenvalue weighted by Gasteiger charge is -2.37. The van der Waals surface area contributed by atoms with E-state index in [1.807, 2.05) is 25.2 Å². The van der Waals surface area contributed by atoms with Gasteiger partial charge in [0.25, 0.3) is 0 Å². The van der Waals surface area contributed by atoms with Gasteiger partial charge in [0.15, 0.2) is 5.96 Å². The minimum atomic E-state index is 0. The molecule has 5 nitrogen and oxygen atoms in total. The number of rotatable bonds is 4. The Bertz CT molecular complexity index is 771. The van der Waals surface area contributed by atoms with E-state index < -0.39 is 0 Å². The maximum Gasteiger partial charge on any atom is 0.193 e. The van der Waals surface area contributed by atoms with Gasteiger partial charge in [0.05, 0.1) is 10.7 Å². The zero-order chi connectivity index (χ0) is 18.5. The van der Waals surface area contributed by atoms with Crippen molar-refractivity contribution in [3.05, 3.63) is 44.9 Å². The molecule has 3 rings (SSSR count). The summed E-state index contributed by atoms with van der Waals surface area (Å²) in [5, 5.41) is 5.43. The van der Waals surface area contributed by atoms with Crippen LogP contribution in [0.3, 0.4) is 0 Å². The highest BCUT2D eigenvalue weighted by Crippen LogP contribution is 2.21. The summed E-state index contributed by atoms with van der Waals surface area (Å²) in [6.07, 6.45) is 0.985. The fourth-order valence-corrected chi connectivity index (χ4v) is 4.40. The zero-order valence-electron chi connectivity index (χ0n) is 16.0. The molecule has 2 heterocycles. The third-order valence-electron chi connectivity index (χ3n) is 4.60. The van der Waals surface area contributed by atoms with Gasteiger partial charge in [0.1, 0.15) is 0 Å². The van der Waals surface area contributed by atoms with Crippen molar-refractivity contribution >= 4 is 58.6 Å². The number of hydrogen-bond acceptors (Lipinski definition) is 4. The average molecular weight is 520 g/mol. The average Bonchev–Trinajstić information content (AvgIpc) is 2.96. The van der Waals surface area contributed by atoms with Crippen LogP contribution >= 0.6 is 46.9 Å². The number of hydrogen-bond donors (Lipinski definition) is 1. The molecule has 1 fully saturated rings. The first-order valence-corrected chi connectivity index (χ1v) is 10.2. The van der Waals surface area contributed by atoms with Crippen LogP contribution in [0.1, 0.15) is 15.6 Å². The van der Waals surface area contributed by atoms with E-state index in [0.29, 0.717) is 0 Å². The highest BCUT2D eigenvalue weighted by atomic mass is 127. The molecule has 0 unspecified atom stereocenters. The van der Waals surface area contributed by atoms with E-state index in [1.165, 1.54) is 10.6 Å². The summed E-state index contributed by atoms with van der Waals surface area (Å²) in [7, 11) is 1.85. The largest absolute Gasteiger partial charge is 0.368 e. The van der Waals surface area contributed by atoms with Crippen molar-refractivity contribution < 1.29 is 0 Å². The molecule has 0 spiro atoms. The van der Waals surface area contributed by atoms with Crippen molar-refractivity contribution in [1.82, 2.24) is 15.2 Å². The van der Waals surface area contributed by atoms with Gasteiger partial charge >= 0.3 is 0 Å². The van der Waals surface area contributed by atoms with Gasteiger partial charge in [-0.05, 0) is 32.0 Å². The van der Waals surface area contributed by atoms with Crippen LogP contribution < -0.4 is 10.2 Å². The lowest BCUT2D eigenvalue weighted by molar-refractivity contribution is 0.373. The molecule has 1 saturated heterocycles. The third kappa shape index (κ3) is 5.96. The second-order valence-electron chi connectivity index (χ2n) is 6.42. The summed E-state index contributed by atoms with van der Waals surface area (Å²) >= 11 is 7.90. The maximum atomic E-state index is 6.12. The highest BCUT2D eigenvalue weighted by Gasteiger charge is 2.20. The Morgan fingerprint density at radius 1 is 1.26 bits per heavy atom. The minimum Gasteiger partial charge on any atom is -0.368 e. The number of thiazole rings is 1. The van der Waals surface area contributed by atoms with Gasteiger partial charge in [-0.25, -0.2) is 4.98 Å². The fourth-order valence-electron chi connectivity index (χ4n) is 3.27.